The van der Waals surface area contributed by atoms with Crippen molar-refractivity contribution >= 4 is 11.6 Å². The molecular weight excluding hydrogens is 417 g/mol. The molecule has 1 aromatic heterocycles. The van der Waals surface area contributed by atoms with E-state index < -0.39 is 0 Å². The number of aryl methyl sites for hydroxylation is 1. The van der Waals surface area contributed by atoms with Gasteiger partial charge in [0.1, 0.15) is 17.4 Å². The standard InChI is InChI=1S/C27H28FN3O2/c1-5-33-22-9-7-6-8-19(22)24-23-16(2)30-31(18-12-10-17(28)11-13-18)26(23)29-20-14-27(3,4)15-21(32)25(20)24/h6-13,24,29H,5,14-15H2,1-4H3. The first-order valence-electron chi connectivity index (χ1n) is 11.4. The minimum Gasteiger partial charge on any atom is -0.494 e. The van der Waals surface area contributed by atoms with Gasteiger partial charge in [-0.05, 0) is 56.0 Å². The van der Waals surface area contributed by atoms with Crippen molar-refractivity contribution in [3.63, 3.8) is 0 Å². The van der Waals surface area contributed by atoms with Crippen molar-refractivity contribution in [1.29, 1.82) is 0 Å². The summed E-state index contributed by atoms with van der Waals surface area (Å²) in [6, 6.07) is 14.2. The average molecular weight is 446 g/mol. The van der Waals surface area contributed by atoms with Crippen LogP contribution in [0.25, 0.3) is 5.69 Å². The molecule has 0 saturated heterocycles. The number of aromatic nitrogens is 2. The van der Waals surface area contributed by atoms with Gasteiger partial charge < -0.3 is 10.1 Å². The van der Waals surface area contributed by atoms with Gasteiger partial charge in [-0.2, -0.15) is 5.10 Å². The van der Waals surface area contributed by atoms with Crippen LogP contribution in [0.3, 0.4) is 0 Å². The van der Waals surface area contributed by atoms with E-state index in [0.29, 0.717) is 13.0 Å². The number of Topliss-reactive ketones (excluding diaryl/α,β-unsaturated/α-hetero) is 1. The molecule has 2 aliphatic rings. The van der Waals surface area contributed by atoms with Crippen molar-refractivity contribution in [2.75, 3.05) is 11.9 Å². The molecule has 0 amide bonds. The number of nitrogens with one attached hydrogen (secondary N) is 1. The first kappa shape index (κ1) is 21.4. The maximum atomic E-state index is 13.6. The smallest absolute Gasteiger partial charge is 0.162 e. The fourth-order valence-electron chi connectivity index (χ4n) is 5.16. The summed E-state index contributed by atoms with van der Waals surface area (Å²) in [7, 11) is 0. The molecule has 5 nitrogen and oxygen atoms in total. The fraction of sp³-hybridized carbons (Fsp3) is 0.333. The van der Waals surface area contributed by atoms with Crippen LogP contribution in [-0.4, -0.2) is 22.2 Å². The maximum Gasteiger partial charge on any atom is 0.162 e. The number of para-hydroxylation sites is 1. The van der Waals surface area contributed by atoms with Crippen LogP contribution in [0.2, 0.25) is 0 Å². The van der Waals surface area contributed by atoms with Crippen LogP contribution >= 0.6 is 0 Å². The number of ether oxygens (including phenoxy) is 1. The van der Waals surface area contributed by atoms with E-state index in [9.17, 15) is 9.18 Å². The Morgan fingerprint density at radius 2 is 1.88 bits per heavy atom. The summed E-state index contributed by atoms with van der Waals surface area (Å²) in [5.41, 5.74) is 5.10. The van der Waals surface area contributed by atoms with E-state index >= 15 is 0 Å². The van der Waals surface area contributed by atoms with E-state index in [1.54, 1.807) is 12.1 Å². The highest BCUT2D eigenvalue weighted by molar-refractivity contribution is 6.01. The zero-order valence-electron chi connectivity index (χ0n) is 19.4. The second kappa shape index (κ2) is 7.87. The molecule has 0 radical (unpaired) electrons. The molecule has 33 heavy (non-hydrogen) atoms. The monoisotopic (exact) mass is 445 g/mol. The van der Waals surface area contributed by atoms with Crippen LogP contribution in [0.4, 0.5) is 10.2 Å². The summed E-state index contributed by atoms with van der Waals surface area (Å²) in [6.07, 6.45) is 1.26. The van der Waals surface area contributed by atoms with Gasteiger partial charge in [0.25, 0.3) is 0 Å². The number of carbonyl (C=O) groups excluding carboxylic acids is 1. The molecule has 0 saturated carbocycles. The Bertz CT molecular complexity index is 1270. The summed E-state index contributed by atoms with van der Waals surface area (Å²) in [4.78, 5) is 13.5. The van der Waals surface area contributed by atoms with Gasteiger partial charge in [0.15, 0.2) is 5.78 Å². The number of halogens is 1. The largest absolute Gasteiger partial charge is 0.494 e. The number of hydrogen-bond acceptors (Lipinski definition) is 4. The lowest BCUT2D eigenvalue weighted by Crippen LogP contribution is -2.34. The van der Waals surface area contributed by atoms with Crippen LogP contribution in [0, 0.1) is 18.2 Å². The number of anilines is 1. The Morgan fingerprint density at radius 1 is 1.15 bits per heavy atom. The van der Waals surface area contributed by atoms with Crippen LogP contribution < -0.4 is 10.1 Å². The van der Waals surface area contributed by atoms with E-state index in [1.165, 1.54) is 12.1 Å². The van der Waals surface area contributed by atoms with Gasteiger partial charge in [0, 0.05) is 34.7 Å². The van der Waals surface area contributed by atoms with Crippen molar-refractivity contribution in [2.45, 2.75) is 46.5 Å². The predicted octanol–water partition coefficient (Wildman–Crippen LogP) is 5.92. The number of carbonyl (C=O) groups is 1. The molecule has 1 unspecified atom stereocenters. The van der Waals surface area contributed by atoms with Crippen molar-refractivity contribution in [1.82, 2.24) is 9.78 Å². The Kier molecular flexibility index (Phi) is 5.11. The second-order valence-corrected chi connectivity index (χ2v) is 9.60. The molecule has 1 atom stereocenters. The van der Waals surface area contributed by atoms with Gasteiger partial charge in [0.05, 0.1) is 18.0 Å². The summed E-state index contributed by atoms with van der Waals surface area (Å²) in [5, 5.41) is 8.38. The molecule has 1 aliphatic heterocycles. The number of benzene rings is 2. The lowest BCUT2D eigenvalue weighted by atomic mass is 9.69. The summed E-state index contributed by atoms with van der Waals surface area (Å²) < 4.78 is 21.4. The van der Waals surface area contributed by atoms with Gasteiger partial charge in [-0.3, -0.25) is 4.79 Å². The Labute approximate surface area is 193 Å². The van der Waals surface area contributed by atoms with Gasteiger partial charge >= 0.3 is 0 Å². The second-order valence-electron chi connectivity index (χ2n) is 9.60. The van der Waals surface area contributed by atoms with Crippen molar-refractivity contribution in [3.8, 4) is 11.4 Å². The molecule has 3 aromatic rings. The van der Waals surface area contributed by atoms with Crippen LogP contribution in [-0.2, 0) is 4.79 Å². The van der Waals surface area contributed by atoms with E-state index in [1.807, 2.05) is 42.8 Å². The first-order valence-corrected chi connectivity index (χ1v) is 11.4. The maximum absolute atomic E-state index is 13.6. The number of nitrogens with zero attached hydrogens (tertiary/aromatic N) is 2. The average Bonchev–Trinajstić information content (AvgIpc) is 3.09. The molecule has 6 heteroatoms. The summed E-state index contributed by atoms with van der Waals surface area (Å²) in [5.74, 6) is 1.18. The number of ketones is 1. The predicted molar refractivity (Wildman–Crippen MR) is 126 cm³/mol. The molecule has 0 spiro atoms. The quantitative estimate of drug-likeness (QED) is 0.542. The summed E-state index contributed by atoms with van der Waals surface area (Å²) >= 11 is 0. The third kappa shape index (κ3) is 3.63. The first-order chi connectivity index (χ1) is 15.8. The highest BCUT2D eigenvalue weighted by Crippen LogP contribution is 2.51. The highest BCUT2D eigenvalue weighted by Gasteiger charge is 2.43. The van der Waals surface area contributed by atoms with E-state index in [2.05, 4.69) is 19.2 Å². The van der Waals surface area contributed by atoms with E-state index in [0.717, 1.165) is 51.8 Å². The van der Waals surface area contributed by atoms with Gasteiger partial charge in [-0.25, -0.2) is 9.07 Å². The van der Waals surface area contributed by atoms with Crippen molar-refractivity contribution in [3.05, 3.63) is 82.4 Å². The summed E-state index contributed by atoms with van der Waals surface area (Å²) in [6.45, 7) is 8.70. The van der Waals surface area contributed by atoms with Gasteiger partial charge in [0.2, 0.25) is 0 Å². The Hall–Kier alpha value is -3.41. The molecule has 5 rings (SSSR count). The molecule has 1 N–H and O–H groups in total. The number of allylic oxidation sites excluding steroid dienone is 2. The number of rotatable bonds is 4. The number of fused-ring (bicyclic) bond motifs is 1. The van der Waals surface area contributed by atoms with Crippen molar-refractivity contribution < 1.29 is 13.9 Å². The van der Waals surface area contributed by atoms with E-state index in [4.69, 9.17) is 9.84 Å². The minimum atomic E-state index is -0.294. The van der Waals surface area contributed by atoms with Crippen LogP contribution in [0.15, 0.2) is 59.8 Å². The molecule has 1 aliphatic carbocycles. The lowest BCUT2D eigenvalue weighted by molar-refractivity contribution is -0.118. The molecule has 2 aromatic carbocycles. The van der Waals surface area contributed by atoms with E-state index in [-0.39, 0.29) is 22.9 Å². The Morgan fingerprint density at radius 3 is 2.61 bits per heavy atom. The van der Waals surface area contributed by atoms with Gasteiger partial charge in [-0.15, -0.1) is 0 Å². The SMILES string of the molecule is CCOc1ccccc1C1C2=C(CC(C)(C)CC2=O)Nc2c1c(C)nn2-c1ccc(F)cc1. The molecule has 0 bridgehead atoms. The van der Waals surface area contributed by atoms with Crippen LogP contribution in [0.1, 0.15) is 56.4 Å². The molecule has 0 fully saturated rings. The lowest BCUT2D eigenvalue weighted by Gasteiger charge is -2.39. The van der Waals surface area contributed by atoms with Gasteiger partial charge in [-0.1, -0.05) is 32.0 Å². The zero-order chi connectivity index (χ0) is 23.3. The fourth-order valence-corrected chi connectivity index (χ4v) is 5.16. The normalized spacial score (nSPS) is 19.1. The minimum absolute atomic E-state index is 0.139. The molecule has 170 valence electrons. The molecular formula is C27H28FN3O2. The third-order valence-corrected chi connectivity index (χ3v) is 6.47. The van der Waals surface area contributed by atoms with Crippen LogP contribution in [0.5, 0.6) is 5.75 Å². The topological polar surface area (TPSA) is 56.1 Å². The Balaban J connectivity index is 1.76. The third-order valence-electron chi connectivity index (χ3n) is 6.47. The zero-order valence-corrected chi connectivity index (χ0v) is 19.4. The highest BCUT2D eigenvalue weighted by atomic mass is 19.1. The number of hydrogen-bond donors (Lipinski definition) is 1. The van der Waals surface area contributed by atoms with Crippen molar-refractivity contribution in [2.24, 2.45) is 5.41 Å². The molecule has 2 heterocycles.